The van der Waals surface area contributed by atoms with Gasteiger partial charge in [0.15, 0.2) is 16.7 Å². The molecule has 1 aliphatic heterocycles. The fourth-order valence-corrected chi connectivity index (χ4v) is 3.50. The summed E-state index contributed by atoms with van der Waals surface area (Å²) >= 11 is 1.34. The lowest BCUT2D eigenvalue weighted by Crippen LogP contribution is -2.14. The molecule has 2 N–H and O–H groups in total. The van der Waals surface area contributed by atoms with Gasteiger partial charge in [0.1, 0.15) is 0 Å². The van der Waals surface area contributed by atoms with Crippen molar-refractivity contribution >= 4 is 22.4 Å². The first kappa shape index (κ1) is 16.9. The Hall–Kier alpha value is -1.99. The molecule has 2 aromatic rings. The maximum Gasteiger partial charge on any atom is 0.226 e. The zero-order valence-electron chi connectivity index (χ0n) is 13.5. The Kier molecular flexibility index (Phi) is 5.42. The number of hydrogen-bond acceptors (Lipinski definition) is 5. The Balaban J connectivity index is 1.58. The molecule has 5 nitrogen and oxygen atoms in total. The first-order chi connectivity index (χ1) is 11.7. The number of thiazole rings is 1. The number of carbonyl (C=O) groups excluding carboxylic acids is 1. The Morgan fingerprint density at radius 3 is 3.12 bits per heavy atom. The van der Waals surface area contributed by atoms with Crippen molar-refractivity contribution in [2.75, 3.05) is 25.5 Å². The van der Waals surface area contributed by atoms with Crippen LogP contribution in [0.15, 0.2) is 23.6 Å². The van der Waals surface area contributed by atoms with Gasteiger partial charge in [-0.15, -0.1) is 11.3 Å². The minimum atomic E-state index is -0.432. The van der Waals surface area contributed by atoms with Crippen LogP contribution in [0.5, 0.6) is 5.75 Å². The second-order valence-corrected chi connectivity index (χ2v) is 6.69. The van der Waals surface area contributed by atoms with Crippen molar-refractivity contribution in [2.45, 2.75) is 19.3 Å². The highest BCUT2D eigenvalue weighted by molar-refractivity contribution is 7.14. The molecule has 128 valence electrons. The van der Waals surface area contributed by atoms with Gasteiger partial charge >= 0.3 is 0 Å². The van der Waals surface area contributed by atoms with Gasteiger partial charge in [-0.3, -0.25) is 4.79 Å². The number of aromatic nitrogens is 1. The Morgan fingerprint density at radius 2 is 2.42 bits per heavy atom. The summed E-state index contributed by atoms with van der Waals surface area (Å²) in [5, 5.41) is 8.46. The standard InChI is InChI=1S/C17H20FN3O2S/c1-23-15-4-3-12(8-13(15)18)14-10-24-17(20-14)21-16(22)5-2-11-6-7-19-9-11/h3-4,8,10-11,19H,2,5-7,9H2,1H3,(H,20,21,22). The first-order valence-electron chi connectivity index (χ1n) is 7.95. The molecule has 1 fully saturated rings. The third kappa shape index (κ3) is 4.10. The van der Waals surface area contributed by atoms with Crippen molar-refractivity contribution < 1.29 is 13.9 Å². The van der Waals surface area contributed by atoms with E-state index in [0.29, 0.717) is 28.7 Å². The summed E-state index contributed by atoms with van der Waals surface area (Å²) in [5.41, 5.74) is 1.29. The van der Waals surface area contributed by atoms with Crippen LogP contribution in [0.2, 0.25) is 0 Å². The van der Waals surface area contributed by atoms with Crippen molar-refractivity contribution in [2.24, 2.45) is 5.92 Å². The molecule has 0 saturated carbocycles. The summed E-state index contributed by atoms with van der Waals surface area (Å²) in [6, 6.07) is 4.69. The zero-order chi connectivity index (χ0) is 16.9. The van der Waals surface area contributed by atoms with E-state index in [4.69, 9.17) is 4.74 Å². The van der Waals surface area contributed by atoms with Gasteiger partial charge in [-0.05, 0) is 50.0 Å². The van der Waals surface area contributed by atoms with Gasteiger partial charge in [0.2, 0.25) is 5.91 Å². The molecule has 1 aromatic heterocycles. The number of hydrogen-bond donors (Lipinski definition) is 2. The molecule has 2 heterocycles. The third-order valence-corrected chi connectivity index (χ3v) is 4.90. The highest BCUT2D eigenvalue weighted by Gasteiger charge is 2.16. The number of amides is 1. The molecule has 0 spiro atoms. The Labute approximate surface area is 144 Å². The number of anilines is 1. The van der Waals surface area contributed by atoms with Gasteiger partial charge in [-0.2, -0.15) is 0 Å². The average Bonchev–Trinajstić information content (AvgIpc) is 3.24. The number of rotatable bonds is 6. The van der Waals surface area contributed by atoms with E-state index in [2.05, 4.69) is 15.6 Å². The highest BCUT2D eigenvalue weighted by atomic mass is 32.1. The molecular formula is C17H20FN3O2S. The second-order valence-electron chi connectivity index (χ2n) is 5.83. The maximum absolute atomic E-state index is 13.8. The molecule has 1 atom stereocenters. The molecule has 1 saturated heterocycles. The lowest BCUT2D eigenvalue weighted by molar-refractivity contribution is -0.116. The van der Waals surface area contributed by atoms with Crippen molar-refractivity contribution in [1.29, 1.82) is 0 Å². The van der Waals surface area contributed by atoms with E-state index in [1.165, 1.54) is 24.5 Å². The topological polar surface area (TPSA) is 63.2 Å². The summed E-state index contributed by atoms with van der Waals surface area (Å²) in [6.07, 6.45) is 2.52. The maximum atomic E-state index is 13.8. The number of methoxy groups -OCH3 is 1. The predicted octanol–water partition coefficient (Wildman–Crippen LogP) is 3.29. The molecular weight excluding hydrogens is 329 g/mol. The number of benzene rings is 1. The van der Waals surface area contributed by atoms with Crippen LogP contribution in [0.1, 0.15) is 19.3 Å². The van der Waals surface area contributed by atoms with E-state index in [1.807, 2.05) is 0 Å². The van der Waals surface area contributed by atoms with Gasteiger partial charge in [-0.25, -0.2) is 9.37 Å². The minimum absolute atomic E-state index is 0.0243. The monoisotopic (exact) mass is 349 g/mol. The Morgan fingerprint density at radius 1 is 1.54 bits per heavy atom. The smallest absolute Gasteiger partial charge is 0.226 e. The summed E-state index contributed by atoms with van der Waals surface area (Å²) < 4.78 is 18.7. The van der Waals surface area contributed by atoms with Gasteiger partial charge in [0, 0.05) is 17.4 Å². The van der Waals surface area contributed by atoms with E-state index in [1.54, 1.807) is 17.5 Å². The molecule has 7 heteroatoms. The number of nitrogens with one attached hydrogen (secondary N) is 2. The lowest BCUT2D eigenvalue weighted by atomic mass is 10.0. The van der Waals surface area contributed by atoms with Crippen LogP contribution in [-0.2, 0) is 4.79 Å². The second kappa shape index (κ2) is 7.72. The van der Waals surface area contributed by atoms with Crippen LogP contribution in [-0.4, -0.2) is 31.1 Å². The number of nitrogens with zero attached hydrogens (tertiary/aromatic N) is 1. The van der Waals surface area contributed by atoms with Crippen LogP contribution in [0.3, 0.4) is 0 Å². The summed E-state index contributed by atoms with van der Waals surface area (Å²) in [5.74, 6) is 0.330. The lowest BCUT2D eigenvalue weighted by Gasteiger charge is -2.07. The largest absolute Gasteiger partial charge is 0.494 e. The highest BCUT2D eigenvalue weighted by Crippen LogP contribution is 2.28. The molecule has 1 aromatic carbocycles. The van der Waals surface area contributed by atoms with Gasteiger partial charge in [0.25, 0.3) is 0 Å². The first-order valence-corrected chi connectivity index (χ1v) is 8.83. The fraction of sp³-hybridized carbons (Fsp3) is 0.412. The fourth-order valence-electron chi connectivity index (χ4n) is 2.77. The quantitative estimate of drug-likeness (QED) is 0.840. The molecule has 1 unspecified atom stereocenters. The average molecular weight is 349 g/mol. The zero-order valence-corrected chi connectivity index (χ0v) is 14.3. The molecule has 3 rings (SSSR count). The van der Waals surface area contributed by atoms with Crippen LogP contribution in [0, 0.1) is 11.7 Å². The Bertz CT molecular complexity index is 714. The normalized spacial score (nSPS) is 17.0. The molecule has 1 aliphatic rings. The van der Waals surface area contributed by atoms with Crippen molar-refractivity contribution in [1.82, 2.24) is 10.3 Å². The molecule has 24 heavy (non-hydrogen) atoms. The van der Waals surface area contributed by atoms with Gasteiger partial charge in [0.05, 0.1) is 12.8 Å². The number of carbonyl (C=O) groups is 1. The van der Waals surface area contributed by atoms with Gasteiger partial charge in [-0.1, -0.05) is 0 Å². The molecule has 1 amide bonds. The van der Waals surface area contributed by atoms with E-state index >= 15 is 0 Å². The van der Waals surface area contributed by atoms with E-state index in [-0.39, 0.29) is 11.7 Å². The van der Waals surface area contributed by atoms with Crippen LogP contribution < -0.4 is 15.4 Å². The van der Waals surface area contributed by atoms with E-state index < -0.39 is 5.82 Å². The predicted molar refractivity (Wildman–Crippen MR) is 92.9 cm³/mol. The van der Waals surface area contributed by atoms with Crippen molar-refractivity contribution in [3.05, 3.63) is 29.4 Å². The van der Waals surface area contributed by atoms with Crippen LogP contribution >= 0.6 is 11.3 Å². The van der Waals surface area contributed by atoms with E-state index in [0.717, 1.165) is 25.9 Å². The summed E-state index contributed by atoms with van der Waals surface area (Å²) in [4.78, 5) is 16.4. The summed E-state index contributed by atoms with van der Waals surface area (Å²) in [7, 11) is 1.43. The van der Waals surface area contributed by atoms with Crippen molar-refractivity contribution in [3.63, 3.8) is 0 Å². The van der Waals surface area contributed by atoms with Crippen LogP contribution in [0.25, 0.3) is 11.3 Å². The summed E-state index contributed by atoms with van der Waals surface area (Å²) in [6.45, 7) is 2.04. The molecule has 0 aliphatic carbocycles. The van der Waals surface area contributed by atoms with Crippen molar-refractivity contribution in [3.8, 4) is 17.0 Å². The minimum Gasteiger partial charge on any atom is -0.494 e. The van der Waals surface area contributed by atoms with Crippen LogP contribution in [0.4, 0.5) is 9.52 Å². The van der Waals surface area contributed by atoms with Gasteiger partial charge < -0.3 is 15.4 Å². The van der Waals surface area contributed by atoms with E-state index in [9.17, 15) is 9.18 Å². The third-order valence-electron chi connectivity index (χ3n) is 4.14. The number of halogens is 1. The molecule has 0 bridgehead atoms. The number of ether oxygens (including phenoxy) is 1. The molecule has 0 radical (unpaired) electrons. The SMILES string of the molecule is COc1ccc(-c2csc(NC(=O)CCC3CCNC3)n2)cc1F.